The van der Waals surface area contributed by atoms with Crippen LogP contribution in [0.15, 0.2) is 30.0 Å². The number of rotatable bonds is 2. The van der Waals surface area contributed by atoms with Crippen molar-refractivity contribution in [3.63, 3.8) is 0 Å². The van der Waals surface area contributed by atoms with E-state index in [0.29, 0.717) is 18.0 Å². The molecule has 2 atom stereocenters. The van der Waals surface area contributed by atoms with Crippen LogP contribution in [-0.2, 0) is 25.5 Å². The van der Waals surface area contributed by atoms with Crippen molar-refractivity contribution in [2.75, 3.05) is 37.5 Å². The molecule has 3 aliphatic heterocycles. The van der Waals surface area contributed by atoms with E-state index in [1.54, 1.807) is 12.3 Å². The Labute approximate surface area is 158 Å². The van der Waals surface area contributed by atoms with Crippen LogP contribution in [0.3, 0.4) is 0 Å². The van der Waals surface area contributed by atoms with Gasteiger partial charge in [-0.1, -0.05) is 17.7 Å². The summed E-state index contributed by atoms with van der Waals surface area (Å²) < 4.78 is 51.7. The van der Waals surface area contributed by atoms with Gasteiger partial charge in [-0.2, -0.15) is 4.31 Å². The molecule has 1 saturated heterocycles. The molecular weight excluding hydrogens is 398 g/mol. The Morgan fingerprint density at radius 2 is 1.85 bits per heavy atom. The minimum Gasteiger partial charge on any atom is -0.352 e. The quantitative estimate of drug-likeness (QED) is 0.722. The summed E-state index contributed by atoms with van der Waals surface area (Å²) in [5, 5.41) is 0.581. The topological polar surface area (TPSA) is 78.0 Å². The lowest BCUT2D eigenvalue weighted by atomic mass is 9.71. The molecule has 0 saturated carbocycles. The third-order valence-electron chi connectivity index (χ3n) is 5.68. The molecule has 1 aromatic rings. The predicted molar refractivity (Wildman–Crippen MR) is 101 cm³/mol. The smallest absolute Gasteiger partial charge is 0.233 e. The first kappa shape index (κ1) is 18.1. The molecule has 1 aromatic carbocycles. The standard InChI is InChI=1S/C16H20ClN3O4S2/c1-18-14-8-12(17)4-5-13(14)16-6-7-19(25(2,21)22)9-11(16)10-20(15(16)18)26(3,23)24/h4-5,8,10,15H,6-7,9H2,1-3H3/t15-,16+/m1/s1. The minimum absolute atomic E-state index is 0.192. The van der Waals surface area contributed by atoms with Crippen LogP contribution in [0.2, 0.25) is 5.02 Å². The molecule has 0 unspecified atom stereocenters. The van der Waals surface area contributed by atoms with Crippen molar-refractivity contribution in [3.8, 4) is 0 Å². The molecule has 0 bridgehead atoms. The summed E-state index contributed by atoms with van der Waals surface area (Å²) in [6.45, 7) is 0.539. The number of fused-ring (bicyclic) bond motifs is 1. The molecule has 142 valence electrons. The molecule has 0 aliphatic carbocycles. The normalized spacial score (nSPS) is 28.6. The van der Waals surface area contributed by atoms with Crippen LogP contribution in [0.5, 0.6) is 0 Å². The number of hydrogen-bond donors (Lipinski definition) is 0. The zero-order valence-corrected chi connectivity index (χ0v) is 17.1. The van der Waals surface area contributed by atoms with Gasteiger partial charge in [-0.05, 0) is 29.7 Å². The van der Waals surface area contributed by atoms with Gasteiger partial charge in [0.25, 0.3) is 0 Å². The number of sulfonamides is 2. The summed E-state index contributed by atoms with van der Waals surface area (Å²) in [6.07, 6.45) is 4.05. The van der Waals surface area contributed by atoms with E-state index in [-0.39, 0.29) is 6.54 Å². The molecule has 3 aliphatic rings. The average molecular weight is 418 g/mol. The van der Waals surface area contributed by atoms with Gasteiger partial charge in [0.05, 0.1) is 17.9 Å². The van der Waals surface area contributed by atoms with Gasteiger partial charge >= 0.3 is 0 Å². The van der Waals surface area contributed by atoms with E-state index in [9.17, 15) is 16.8 Å². The third-order valence-corrected chi connectivity index (χ3v) is 8.24. The third kappa shape index (κ3) is 2.33. The molecule has 7 nitrogen and oxygen atoms in total. The van der Waals surface area contributed by atoms with Crippen molar-refractivity contribution in [1.82, 2.24) is 8.61 Å². The van der Waals surface area contributed by atoms with E-state index < -0.39 is 31.6 Å². The van der Waals surface area contributed by atoms with Gasteiger partial charge in [-0.25, -0.2) is 16.8 Å². The van der Waals surface area contributed by atoms with Gasteiger partial charge in [-0.3, -0.25) is 4.31 Å². The van der Waals surface area contributed by atoms with Gasteiger partial charge in [-0.15, -0.1) is 0 Å². The molecule has 1 fully saturated rings. The predicted octanol–water partition coefficient (Wildman–Crippen LogP) is 1.18. The van der Waals surface area contributed by atoms with Crippen LogP contribution in [0, 0.1) is 0 Å². The highest BCUT2D eigenvalue weighted by Crippen LogP contribution is 2.58. The lowest BCUT2D eigenvalue weighted by molar-refractivity contribution is 0.255. The van der Waals surface area contributed by atoms with E-state index in [2.05, 4.69) is 0 Å². The molecule has 0 amide bonds. The SMILES string of the molecule is CN1c2cc(Cl)ccc2[C@]23CCN(S(C)(=O)=O)CC2=CN(S(C)(=O)=O)[C@@H]13. The number of benzene rings is 1. The number of piperidine rings is 1. The Morgan fingerprint density at radius 3 is 2.46 bits per heavy atom. The fourth-order valence-electron chi connectivity index (χ4n) is 4.58. The van der Waals surface area contributed by atoms with Crippen LogP contribution in [-0.4, -0.2) is 64.3 Å². The Morgan fingerprint density at radius 1 is 1.15 bits per heavy atom. The average Bonchev–Trinajstić information content (AvgIpc) is 2.97. The zero-order valence-electron chi connectivity index (χ0n) is 14.7. The summed E-state index contributed by atoms with van der Waals surface area (Å²) in [5.74, 6) is 0. The highest BCUT2D eigenvalue weighted by Gasteiger charge is 2.61. The minimum atomic E-state index is -3.52. The molecular formula is C16H20ClN3O4S2. The van der Waals surface area contributed by atoms with E-state index in [1.165, 1.54) is 21.1 Å². The van der Waals surface area contributed by atoms with E-state index >= 15 is 0 Å². The lowest BCUT2D eigenvalue weighted by Crippen LogP contribution is -2.55. The molecule has 0 N–H and O–H groups in total. The second kappa shape index (κ2) is 5.37. The van der Waals surface area contributed by atoms with Crippen LogP contribution < -0.4 is 4.90 Å². The van der Waals surface area contributed by atoms with Crippen molar-refractivity contribution in [2.24, 2.45) is 0 Å². The Bertz CT molecular complexity index is 1040. The highest BCUT2D eigenvalue weighted by atomic mass is 35.5. The van der Waals surface area contributed by atoms with Crippen LogP contribution in [0.25, 0.3) is 0 Å². The van der Waals surface area contributed by atoms with Crippen molar-refractivity contribution >= 4 is 37.3 Å². The first-order chi connectivity index (χ1) is 12.0. The van der Waals surface area contributed by atoms with Crippen molar-refractivity contribution in [3.05, 3.63) is 40.6 Å². The van der Waals surface area contributed by atoms with Gasteiger partial charge < -0.3 is 4.90 Å². The summed E-state index contributed by atoms with van der Waals surface area (Å²) in [7, 11) is -5.02. The first-order valence-corrected chi connectivity index (χ1v) is 12.2. The fourth-order valence-corrected chi connectivity index (χ4v) is 6.54. The molecule has 3 heterocycles. The van der Waals surface area contributed by atoms with Gasteiger partial charge in [0.15, 0.2) is 0 Å². The van der Waals surface area contributed by atoms with Crippen molar-refractivity contribution in [1.29, 1.82) is 0 Å². The molecule has 10 heteroatoms. The number of nitrogens with zero attached hydrogens (tertiary/aromatic N) is 3. The van der Waals surface area contributed by atoms with Gasteiger partial charge in [0, 0.05) is 37.0 Å². The fraction of sp³-hybridized carbons (Fsp3) is 0.500. The van der Waals surface area contributed by atoms with E-state index in [1.807, 2.05) is 24.1 Å². The second-order valence-corrected chi connectivity index (χ2v) is 11.5. The zero-order chi connectivity index (χ0) is 19.1. The van der Waals surface area contributed by atoms with Crippen LogP contribution in [0.4, 0.5) is 5.69 Å². The molecule has 1 spiro atoms. The number of anilines is 1. The maximum atomic E-state index is 12.5. The largest absolute Gasteiger partial charge is 0.352 e. The Balaban J connectivity index is 1.93. The Kier molecular flexibility index (Phi) is 3.74. The van der Waals surface area contributed by atoms with Crippen molar-refractivity contribution < 1.29 is 16.8 Å². The summed E-state index contributed by atoms with van der Waals surface area (Å²) >= 11 is 6.17. The van der Waals surface area contributed by atoms with Crippen LogP contribution in [0.1, 0.15) is 12.0 Å². The van der Waals surface area contributed by atoms with Crippen LogP contribution >= 0.6 is 11.6 Å². The maximum Gasteiger partial charge on any atom is 0.233 e. The second-order valence-electron chi connectivity index (χ2n) is 7.21. The Hall–Kier alpha value is -1.29. The summed E-state index contributed by atoms with van der Waals surface area (Å²) in [6, 6.07) is 5.57. The lowest BCUT2D eigenvalue weighted by Gasteiger charge is -2.42. The van der Waals surface area contributed by atoms with Gasteiger partial charge in [0.2, 0.25) is 20.0 Å². The molecule has 0 aromatic heterocycles. The summed E-state index contributed by atoms with van der Waals surface area (Å²) in [4.78, 5) is 1.93. The molecule has 4 rings (SSSR count). The van der Waals surface area contributed by atoms with E-state index in [4.69, 9.17) is 11.6 Å². The highest BCUT2D eigenvalue weighted by molar-refractivity contribution is 7.88. The summed E-state index contributed by atoms with van der Waals surface area (Å²) in [5.41, 5.74) is 2.13. The maximum absolute atomic E-state index is 12.5. The van der Waals surface area contributed by atoms with E-state index in [0.717, 1.165) is 16.8 Å². The number of likely N-dealkylation sites (N-methyl/N-ethyl adjacent to an activating group) is 1. The number of halogens is 1. The van der Waals surface area contributed by atoms with Crippen molar-refractivity contribution in [2.45, 2.75) is 18.0 Å². The number of hydrogen-bond acceptors (Lipinski definition) is 5. The molecule has 0 radical (unpaired) electrons. The van der Waals surface area contributed by atoms with Gasteiger partial charge in [0.1, 0.15) is 6.17 Å². The molecule has 26 heavy (non-hydrogen) atoms. The first-order valence-electron chi connectivity index (χ1n) is 8.14. The monoisotopic (exact) mass is 417 g/mol.